The summed E-state index contributed by atoms with van der Waals surface area (Å²) >= 11 is 2.00. The Balaban J connectivity index is 1.59. The fourth-order valence-corrected chi connectivity index (χ4v) is 4.10. The fourth-order valence-electron chi connectivity index (χ4n) is 2.89. The first-order valence-corrected chi connectivity index (χ1v) is 8.50. The molecule has 0 radical (unpaired) electrons. The topological polar surface area (TPSA) is 12.0 Å². The number of hydrogen-bond donors (Lipinski definition) is 1. The lowest BCUT2D eigenvalue weighted by molar-refractivity contribution is 0.578. The number of fused-ring (bicyclic) bond motifs is 1. The van der Waals surface area contributed by atoms with Crippen LogP contribution in [-0.4, -0.2) is 0 Å². The van der Waals surface area contributed by atoms with Crippen molar-refractivity contribution in [3.63, 3.8) is 0 Å². The van der Waals surface area contributed by atoms with Crippen molar-refractivity contribution in [3.05, 3.63) is 56.8 Å². The third kappa shape index (κ3) is 2.97. The molecule has 0 saturated heterocycles. The average Bonchev–Trinajstić information content (AvgIpc) is 3.06. The van der Waals surface area contributed by atoms with Crippen LogP contribution in [0.4, 0.5) is 0 Å². The molecule has 1 aromatic carbocycles. The van der Waals surface area contributed by atoms with Gasteiger partial charge in [0.25, 0.3) is 0 Å². The first kappa shape index (κ1) is 13.8. The lowest BCUT2D eigenvalue weighted by atomic mass is 10.1. The largest absolute Gasteiger partial charge is 0.305 e. The van der Waals surface area contributed by atoms with Gasteiger partial charge >= 0.3 is 0 Å². The lowest BCUT2D eigenvalue weighted by Gasteiger charge is -2.14. The third-order valence-electron chi connectivity index (χ3n) is 4.27. The molecule has 1 heterocycles. The van der Waals surface area contributed by atoms with Crippen molar-refractivity contribution in [1.29, 1.82) is 0 Å². The zero-order valence-electron chi connectivity index (χ0n) is 12.4. The zero-order chi connectivity index (χ0) is 13.9. The number of thiophene rings is 1. The second kappa shape index (κ2) is 6.11. The molecule has 1 unspecified atom stereocenters. The molecule has 1 aliphatic carbocycles. The van der Waals surface area contributed by atoms with Gasteiger partial charge in [0.05, 0.1) is 0 Å². The van der Waals surface area contributed by atoms with Crippen LogP contribution in [-0.2, 0) is 25.8 Å². The van der Waals surface area contributed by atoms with Gasteiger partial charge in [-0.1, -0.05) is 31.2 Å². The van der Waals surface area contributed by atoms with Crippen molar-refractivity contribution in [2.75, 3.05) is 0 Å². The molecule has 0 aliphatic heterocycles. The van der Waals surface area contributed by atoms with Crippen LogP contribution in [0.5, 0.6) is 0 Å². The maximum Gasteiger partial charge on any atom is 0.0305 e. The molecular weight excluding hydrogens is 262 g/mol. The van der Waals surface area contributed by atoms with E-state index in [9.17, 15) is 0 Å². The molecule has 1 aromatic heterocycles. The van der Waals surface area contributed by atoms with Crippen molar-refractivity contribution in [3.8, 4) is 0 Å². The normalized spacial score (nSPS) is 15.3. The van der Waals surface area contributed by atoms with Crippen molar-refractivity contribution in [2.24, 2.45) is 0 Å². The SMILES string of the molecule is CCc1ccc(C(C)NCc2cc3c(s2)CCC3)cc1. The van der Waals surface area contributed by atoms with Crippen molar-refractivity contribution in [1.82, 2.24) is 5.32 Å². The van der Waals surface area contributed by atoms with E-state index in [2.05, 4.69) is 49.5 Å². The standard InChI is InChI=1S/C18H23NS/c1-3-14-7-9-15(10-8-14)13(2)19-12-17-11-16-5-4-6-18(16)20-17/h7-11,13,19H,3-6,12H2,1-2H3. The van der Waals surface area contributed by atoms with Crippen LogP contribution in [0.15, 0.2) is 30.3 Å². The van der Waals surface area contributed by atoms with E-state index in [1.807, 2.05) is 11.3 Å². The summed E-state index contributed by atoms with van der Waals surface area (Å²) in [6.07, 6.45) is 5.06. The van der Waals surface area contributed by atoms with Gasteiger partial charge in [-0.2, -0.15) is 0 Å². The molecule has 20 heavy (non-hydrogen) atoms. The van der Waals surface area contributed by atoms with Crippen LogP contribution in [0, 0.1) is 0 Å². The van der Waals surface area contributed by atoms with Crippen molar-refractivity contribution in [2.45, 2.75) is 52.1 Å². The number of nitrogens with one attached hydrogen (secondary N) is 1. The highest BCUT2D eigenvalue weighted by molar-refractivity contribution is 7.12. The minimum atomic E-state index is 0.415. The molecule has 0 bridgehead atoms. The van der Waals surface area contributed by atoms with E-state index in [4.69, 9.17) is 0 Å². The van der Waals surface area contributed by atoms with Gasteiger partial charge < -0.3 is 5.32 Å². The quantitative estimate of drug-likeness (QED) is 0.843. The van der Waals surface area contributed by atoms with Crippen LogP contribution in [0.1, 0.15) is 52.8 Å². The third-order valence-corrected chi connectivity index (χ3v) is 5.51. The predicted molar refractivity (Wildman–Crippen MR) is 87.4 cm³/mol. The molecule has 0 fully saturated rings. The number of hydrogen-bond acceptors (Lipinski definition) is 2. The number of rotatable bonds is 5. The summed E-state index contributed by atoms with van der Waals surface area (Å²) < 4.78 is 0. The maximum absolute atomic E-state index is 3.65. The Labute approximate surface area is 126 Å². The van der Waals surface area contributed by atoms with E-state index >= 15 is 0 Å². The summed E-state index contributed by atoms with van der Waals surface area (Å²) in [5, 5.41) is 3.65. The fraction of sp³-hybridized carbons (Fsp3) is 0.444. The second-order valence-corrected chi connectivity index (χ2v) is 6.93. The molecule has 106 valence electrons. The van der Waals surface area contributed by atoms with E-state index < -0.39 is 0 Å². The lowest BCUT2D eigenvalue weighted by Crippen LogP contribution is -2.17. The molecule has 1 N–H and O–H groups in total. The second-order valence-electron chi connectivity index (χ2n) is 5.71. The van der Waals surface area contributed by atoms with Gasteiger partial charge in [0, 0.05) is 22.3 Å². The monoisotopic (exact) mass is 285 g/mol. The minimum Gasteiger partial charge on any atom is -0.305 e. The molecule has 3 rings (SSSR count). The predicted octanol–water partition coefficient (Wildman–Crippen LogP) is 4.65. The Morgan fingerprint density at radius 3 is 2.70 bits per heavy atom. The summed E-state index contributed by atoms with van der Waals surface area (Å²) in [7, 11) is 0. The van der Waals surface area contributed by atoms with E-state index in [0.717, 1.165) is 13.0 Å². The first-order valence-electron chi connectivity index (χ1n) is 7.69. The van der Waals surface area contributed by atoms with Crippen molar-refractivity contribution < 1.29 is 0 Å². The summed E-state index contributed by atoms with van der Waals surface area (Å²) in [6, 6.07) is 11.8. The Kier molecular flexibility index (Phi) is 4.23. The molecule has 1 aliphatic rings. The molecular formula is C18H23NS. The van der Waals surface area contributed by atoms with Crippen LogP contribution >= 0.6 is 11.3 Å². The Morgan fingerprint density at radius 1 is 1.20 bits per heavy atom. The van der Waals surface area contributed by atoms with Gasteiger partial charge in [-0.25, -0.2) is 0 Å². The van der Waals surface area contributed by atoms with Crippen LogP contribution in [0.25, 0.3) is 0 Å². The molecule has 1 atom stereocenters. The van der Waals surface area contributed by atoms with Crippen LogP contribution in [0.3, 0.4) is 0 Å². The summed E-state index contributed by atoms with van der Waals surface area (Å²) in [5.74, 6) is 0. The molecule has 1 nitrogen and oxygen atoms in total. The Bertz CT molecular complexity index is 546. The van der Waals surface area contributed by atoms with E-state index in [-0.39, 0.29) is 0 Å². The molecule has 2 heteroatoms. The summed E-state index contributed by atoms with van der Waals surface area (Å²) in [6.45, 7) is 5.45. The van der Waals surface area contributed by atoms with Gasteiger partial charge in [-0.3, -0.25) is 0 Å². The number of benzene rings is 1. The van der Waals surface area contributed by atoms with E-state index in [1.54, 1.807) is 10.4 Å². The highest BCUT2D eigenvalue weighted by Crippen LogP contribution is 2.30. The molecule has 0 spiro atoms. The highest BCUT2D eigenvalue weighted by Gasteiger charge is 2.15. The van der Waals surface area contributed by atoms with Gasteiger partial charge in [-0.15, -0.1) is 11.3 Å². The molecule has 2 aromatic rings. The molecule has 0 saturated carbocycles. The smallest absolute Gasteiger partial charge is 0.0305 e. The average molecular weight is 285 g/mol. The number of aryl methyl sites for hydroxylation is 3. The van der Waals surface area contributed by atoms with Gasteiger partial charge in [-0.05, 0) is 55.4 Å². The zero-order valence-corrected chi connectivity index (χ0v) is 13.2. The highest BCUT2D eigenvalue weighted by atomic mass is 32.1. The van der Waals surface area contributed by atoms with Crippen LogP contribution < -0.4 is 5.32 Å². The van der Waals surface area contributed by atoms with Gasteiger partial charge in [0.15, 0.2) is 0 Å². The van der Waals surface area contributed by atoms with Gasteiger partial charge in [0.2, 0.25) is 0 Å². The van der Waals surface area contributed by atoms with E-state index in [1.165, 1.54) is 35.3 Å². The Hall–Kier alpha value is -1.12. The Morgan fingerprint density at radius 2 is 2.00 bits per heavy atom. The summed E-state index contributed by atoms with van der Waals surface area (Å²) in [4.78, 5) is 3.12. The van der Waals surface area contributed by atoms with Crippen LogP contribution in [0.2, 0.25) is 0 Å². The minimum absolute atomic E-state index is 0.415. The maximum atomic E-state index is 3.65. The summed E-state index contributed by atoms with van der Waals surface area (Å²) in [5.41, 5.74) is 4.40. The molecule has 0 amide bonds. The first-order chi connectivity index (χ1) is 9.76. The van der Waals surface area contributed by atoms with E-state index in [0.29, 0.717) is 6.04 Å². The van der Waals surface area contributed by atoms with Gasteiger partial charge in [0.1, 0.15) is 0 Å². The van der Waals surface area contributed by atoms with Crippen molar-refractivity contribution >= 4 is 11.3 Å².